The Morgan fingerprint density at radius 3 is 2.89 bits per heavy atom. The average Bonchev–Trinajstić information content (AvgIpc) is 2.99. The van der Waals surface area contributed by atoms with Gasteiger partial charge in [-0.15, -0.1) is 11.3 Å². The maximum atomic E-state index is 12.4. The van der Waals surface area contributed by atoms with Crippen molar-refractivity contribution >= 4 is 49.1 Å². The lowest BCUT2D eigenvalue weighted by atomic mass is 10.2. The molecule has 0 aromatic carbocycles. The number of halogens is 2. The highest BCUT2D eigenvalue weighted by molar-refractivity contribution is 9.13. The Morgan fingerprint density at radius 2 is 2.37 bits per heavy atom. The number of carbonyl (C=O) groups excluding carboxylic acids is 1. The fourth-order valence-corrected chi connectivity index (χ4v) is 4.19. The number of nitrogens with zero attached hydrogens (tertiary/aromatic N) is 1. The first-order valence-corrected chi connectivity index (χ1v) is 8.60. The second-order valence-electron chi connectivity index (χ2n) is 4.50. The molecule has 0 bridgehead atoms. The van der Waals surface area contributed by atoms with Crippen molar-refractivity contribution in [3.8, 4) is 0 Å². The zero-order chi connectivity index (χ0) is 13.8. The van der Waals surface area contributed by atoms with Gasteiger partial charge in [0.05, 0.1) is 15.3 Å². The van der Waals surface area contributed by atoms with E-state index in [4.69, 9.17) is 5.11 Å². The first kappa shape index (κ1) is 15.4. The van der Waals surface area contributed by atoms with Crippen molar-refractivity contribution in [2.75, 3.05) is 26.2 Å². The Labute approximate surface area is 133 Å². The molecule has 106 valence electrons. The van der Waals surface area contributed by atoms with E-state index in [1.165, 1.54) is 11.3 Å². The SMILES string of the molecule is O=C(c1cc(Br)c(Br)s1)N(CCO)CC1CCCN1. The Hall–Kier alpha value is 0.0500. The number of nitrogens with one attached hydrogen (secondary N) is 1. The second kappa shape index (κ2) is 7.17. The number of hydrogen-bond donors (Lipinski definition) is 2. The van der Waals surface area contributed by atoms with Gasteiger partial charge in [0.2, 0.25) is 0 Å². The van der Waals surface area contributed by atoms with Gasteiger partial charge < -0.3 is 15.3 Å². The molecule has 1 fully saturated rings. The summed E-state index contributed by atoms with van der Waals surface area (Å²) in [5, 5.41) is 12.5. The normalized spacial score (nSPS) is 18.8. The lowest BCUT2D eigenvalue weighted by Crippen LogP contribution is -2.42. The highest BCUT2D eigenvalue weighted by atomic mass is 79.9. The average molecular weight is 412 g/mol. The van der Waals surface area contributed by atoms with E-state index < -0.39 is 0 Å². The molecule has 1 atom stereocenters. The van der Waals surface area contributed by atoms with E-state index in [1.807, 2.05) is 6.07 Å². The number of amides is 1. The highest BCUT2D eigenvalue weighted by Gasteiger charge is 2.23. The molecule has 0 aliphatic carbocycles. The van der Waals surface area contributed by atoms with E-state index in [0.29, 0.717) is 24.0 Å². The van der Waals surface area contributed by atoms with Crippen LogP contribution in [0.4, 0.5) is 0 Å². The predicted molar refractivity (Wildman–Crippen MR) is 83.7 cm³/mol. The maximum Gasteiger partial charge on any atom is 0.264 e. The molecule has 0 radical (unpaired) electrons. The van der Waals surface area contributed by atoms with Crippen molar-refractivity contribution in [1.29, 1.82) is 0 Å². The summed E-state index contributed by atoms with van der Waals surface area (Å²) < 4.78 is 1.81. The van der Waals surface area contributed by atoms with Crippen LogP contribution in [0.3, 0.4) is 0 Å². The predicted octanol–water partition coefficient (Wildman–Crippen LogP) is 2.46. The third-order valence-corrected chi connectivity index (χ3v) is 6.36. The van der Waals surface area contributed by atoms with Gasteiger partial charge in [0.1, 0.15) is 0 Å². The van der Waals surface area contributed by atoms with Crippen LogP contribution in [0.15, 0.2) is 14.3 Å². The van der Waals surface area contributed by atoms with Crippen molar-refractivity contribution in [3.63, 3.8) is 0 Å². The van der Waals surface area contributed by atoms with Gasteiger partial charge >= 0.3 is 0 Å². The number of carbonyl (C=O) groups is 1. The fourth-order valence-electron chi connectivity index (χ4n) is 2.18. The standard InChI is InChI=1S/C12H16Br2N2O2S/c13-9-6-10(19-11(9)14)12(18)16(4-5-17)7-8-2-1-3-15-8/h6,8,15,17H,1-5,7H2. The zero-order valence-electron chi connectivity index (χ0n) is 10.4. The zero-order valence-corrected chi connectivity index (χ0v) is 14.4. The molecule has 1 aliphatic heterocycles. The number of aliphatic hydroxyl groups excluding tert-OH is 1. The molecule has 2 rings (SSSR count). The van der Waals surface area contributed by atoms with Gasteiger partial charge in [-0.25, -0.2) is 0 Å². The van der Waals surface area contributed by atoms with Crippen LogP contribution in [0.1, 0.15) is 22.5 Å². The summed E-state index contributed by atoms with van der Waals surface area (Å²) in [4.78, 5) is 14.9. The number of aliphatic hydroxyl groups is 1. The van der Waals surface area contributed by atoms with E-state index in [-0.39, 0.29) is 12.5 Å². The minimum Gasteiger partial charge on any atom is -0.395 e. The molecular formula is C12H16Br2N2O2S. The quantitative estimate of drug-likeness (QED) is 0.782. The topological polar surface area (TPSA) is 52.6 Å². The summed E-state index contributed by atoms with van der Waals surface area (Å²) >= 11 is 8.20. The van der Waals surface area contributed by atoms with E-state index in [0.717, 1.165) is 27.6 Å². The first-order valence-electron chi connectivity index (χ1n) is 6.20. The molecule has 4 nitrogen and oxygen atoms in total. The Morgan fingerprint density at radius 1 is 1.58 bits per heavy atom. The molecule has 1 unspecified atom stereocenters. The van der Waals surface area contributed by atoms with Gasteiger partial charge in [-0.1, -0.05) is 0 Å². The third-order valence-electron chi connectivity index (χ3n) is 3.12. The number of hydrogen-bond acceptors (Lipinski definition) is 4. The number of rotatable bonds is 5. The minimum absolute atomic E-state index is 0.00776. The summed E-state index contributed by atoms with van der Waals surface area (Å²) in [5.41, 5.74) is 0. The largest absolute Gasteiger partial charge is 0.395 e. The van der Waals surface area contributed by atoms with E-state index >= 15 is 0 Å². The van der Waals surface area contributed by atoms with Gasteiger partial charge in [0.25, 0.3) is 5.91 Å². The lowest BCUT2D eigenvalue weighted by Gasteiger charge is -2.24. The van der Waals surface area contributed by atoms with Crippen LogP contribution in [0, 0.1) is 0 Å². The summed E-state index contributed by atoms with van der Waals surface area (Å²) in [6.07, 6.45) is 2.24. The Kier molecular flexibility index (Phi) is 5.83. The van der Waals surface area contributed by atoms with Crippen LogP contribution in [0.2, 0.25) is 0 Å². The molecular weight excluding hydrogens is 396 g/mol. The van der Waals surface area contributed by atoms with Crippen molar-refractivity contribution in [3.05, 3.63) is 19.2 Å². The summed E-state index contributed by atoms with van der Waals surface area (Å²) in [5.74, 6) is -0.0147. The van der Waals surface area contributed by atoms with Gasteiger partial charge in [0.15, 0.2) is 0 Å². The summed E-state index contributed by atoms with van der Waals surface area (Å²) in [7, 11) is 0. The van der Waals surface area contributed by atoms with E-state index in [1.54, 1.807) is 4.90 Å². The Balaban J connectivity index is 2.06. The lowest BCUT2D eigenvalue weighted by molar-refractivity contribution is 0.0711. The molecule has 7 heteroatoms. The van der Waals surface area contributed by atoms with Crippen molar-refractivity contribution < 1.29 is 9.90 Å². The van der Waals surface area contributed by atoms with E-state index in [2.05, 4.69) is 37.2 Å². The fraction of sp³-hybridized carbons (Fsp3) is 0.583. The van der Waals surface area contributed by atoms with Crippen LogP contribution in [-0.2, 0) is 0 Å². The number of thiophene rings is 1. The molecule has 1 aromatic heterocycles. The van der Waals surface area contributed by atoms with E-state index in [9.17, 15) is 4.79 Å². The van der Waals surface area contributed by atoms with Gasteiger partial charge in [0, 0.05) is 23.6 Å². The maximum absolute atomic E-state index is 12.4. The molecule has 19 heavy (non-hydrogen) atoms. The van der Waals surface area contributed by atoms with Gasteiger partial charge in [-0.05, 0) is 57.3 Å². The van der Waals surface area contributed by atoms with Crippen LogP contribution in [-0.4, -0.2) is 48.2 Å². The third kappa shape index (κ3) is 4.01. The van der Waals surface area contributed by atoms with Crippen LogP contribution in [0.5, 0.6) is 0 Å². The molecule has 2 heterocycles. The highest BCUT2D eigenvalue weighted by Crippen LogP contribution is 2.33. The summed E-state index contributed by atoms with van der Waals surface area (Å²) in [6, 6.07) is 2.17. The molecule has 1 aliphatic rings. The minimum atomic E-state index is -0.0147. The second-order valence-corrected chi connectivity index (χ2v) is 7.72. The smallest absolute Gasteiger partial charge is 0.264 e. The van der Waals surface area contributed by atoms with Crippen molar-refractivity contribution in [2.24, 2.45) is 0 Å². The molecule has 0 saturated carbocycles. The molecule has 0 spiro atoms. The van der Waals surface area contributed by atoms with Crippen LogP contribution < -0.4 is 5.32 Å². The van der Waals surface area contributed by atoms with Crippen LogP contribution in [0.25, 0.3) is 0 Å². The molecule has 1 saturated heterocycles. The van der Waals surface area contributed by atoms with Crippen LogP contribution >= 0.6 is 43.2 Å². The van der Waals surface area contributed by atoms with Gasteiger partial charge in [-0.2, -0.15) is 0 Å². The van der Waals surface area contributed by atoms with Crippen molar-refractivity contribution in [1.82, 2.24) is 10.2 Å². The molecule has 1 aromatic rings. The molecule has 1 amide bonds. The molecule has 2 N–H and O–H groups in total. The first-order chi connectivity index (χ1) is 9.11. The monoisotopic (exact) mass is 410 g/mol. The van der Waals surface area contributed by atoms with Gasteiger partial charge in [-0.3, -0.25) is 4.79 Å². The van der Waals surface area contributed by atoms with Crippen molar-refractivity contribution in [2.45, 2.75) is 18.9 Å². The summed E-state index contributed by atoms with van der Waals surface area (Å²) in [6.45, 7) is 2.05. The Bertz CT molecular complexity index is 427.